The van der Waals surface area contributed by atoms with Gasteiger partial charge in [0.25, 0.3) is 0 Å². The monoisotopic (exact) mass is 1140 g/mol. The summed E-state index contributed by atoms with van der Waals surface area (Å²) in [6.07, 6.45) is 1.03. The number of likely N-dealkylation sites (tertiary alicyclic amines) is 1. The first kappa shape index (κ1) is 56.3. The molecule has 8 aromatic rings. The zero-order valence-electron chi connectivity index (χ0n) is 43.6. The van der Waals surface area contributed by atoms with Crippen LogP contribution in [0.2, 0.25) is 0 Å². The molecule has 2 atom stereocenters. The highest BCUT2D eigenvalue weighted by Crippen LogP contribution is 2.39. The van der Waals surface area contributed by atoms with E-state index in [2.05, 4.69) is 45.9 Å². The highest BCUT2D eigenvalue weighted by Gasteiger charge is 2.38. The second-order valence-electron chi connectivity index (χ2n) is 19.9. The van der Waals surface area contributed by atoms with Crippen molar-refractivity contribution < 1.29 is 54.2 Å². The van der Waals surface area contributed by atoms with Gasteiger partial charge in [-0.15, -0.1) is 0 Å². The van der Waals surface area contributed by atoms with Gasteiger partial charge in [0.15, 0.2) is 0 Å². The Morgan fingerprint density at radius 2 is 1.11 bits per heavy atom. The molecule has 0 spiro atoms. The van der Waals surface area contributed by atoms with E-state index in [1.165, 1.54) is 26.4 Å². The Balaban J connectivity index is 0.000000166. The molecule has 4 aliphatic rings. The zero-order valence-corrected chi connectivity index (χ0v) is 44.3. The molecule has 4 fully saturated rings. The van der Waals surface area contributed by atoms with E-state index in [-0.39, 0.29) is 57.8 Å². The van der Waals surface area contributed by atoms with Crippen molar-refractivity contribution in [2.75, 3.05) is 51.0 Å². The lowest BCUT2D eigenvalue weighted by Crippen LogP contribution is -2.45. The molecule has 2 saturated carbocycles. The minimum atomic E-state index is -4.87. The molecule has 2 saturated heterocycles. The molecule has 424 valence electrons. The zero-order chi connectivity index (χ0) is 57.2. The van der Waals surface area contributed by atoms with Crippen molar-refractivity contribution in [2.24, 2.45) is 11.8 Å². The fourth-order valence-corrected chi connectivity index (χ4v) is 9.83. The SMILES string of the molecule is COc1ccc2c(c1)nc(-c1ccc(F)c(C(F)(F)F)c1)n2-c1ccnc(N[C@H]2CCCN(C(=O)C3CC3)C2)n1.COc1ccc2c(c1)nc(-c1ccc(F)c(C(F)(F)F)c1)n2-c1ccnc(N[C@H]2CCCNC2)n1.O=C(Cl)C1CC1. The molecule has 0 radical (unpaired) electrons. The van der Waals surface area contributed by atoms with Gasteiger partial charge in [-0.25, -0.2) is 28.7 Å². The molecule has 6 heterocycles. The Morgan fingerprint density at radius 1 is 0.617 bits per heavy atom. The maximum Gasteiger partial charge on any atom is 0.419 e. The molecule has 0 unspecified atom stereocenters. The second kappa shape index (κ2) is 23.6. The molecule has 16 nitrogen and oxygen atoms in total. The number of nitrogens with one attached hydrogen (secondary N) is 3. The van der Waals surface area contributed by atoms with E-state index in [9.17, 15) is 44.7 Å². The summed E-state index contributed by atoms with van der Waals surface area (Å²) in [5.41, 5.74) is -0.463. The number of halogens is 9. The van der Waals surface area contributed by atoms with Crippen LogP contribution in [0, 0.1) is 23.5 Å². The van der Waals surface area contributed by atoms with Crippen molar-refractivity contribution in [1.29, 1.82) is 0 Å². The van der Waals surface area contributed by atoms with E-state index in [1.54, 1.807) is 70.1 Å². The van der Waals surface area contributed by atoms with E-state index in [1.807, 2.05) is 4.90 Å². The van der Waals surface area contributed by atoms with E-state index < -0.39 is 35.1 Å². The fourth-order valence-electron chi connectivity index (χ4n) is 9.61. The molecule has 81 heavy (non-hydrogen) atoms. The first-order valence-corrected chi connectivity index (χ1v) is 26.5. The number of imidazole rings is 2. The summed E-state index contributed by atoms with van der Waals surface area (Å²) in [5.74, 6) is 0.740. The van der Waals surface area contributed by atoms with Crippen LogP contribution in [0.4, 0.5) is 47.0 Å². The lowest BCUT2D eigenvalue weighted by Gasteiger charge is -2.33. The van der Waals surface area contributed by atoms with Crippen LogP contribution in [0.5, 0.6) is 11.5 Å². The van der Waals surface area contributed by atoms with Crippen molar-refractivity contribution in [3.05, 3.63) is 120 Å². The van der Waals surface area contributed by atoms with Gasteiger partial charge < -0.3 is 30.3 Å². The minimum Gasteiger partial charge on any atom is -0.497 e. The number of hydrogen-bond donors (Lipinski definition) is 3. The highest BCUT2D eigenvalue weighted by molar-refractivity contribution is 6.64. The van der Waals surface area contributed by atoms with Crippen molar-refractivity contribution in [2.45, 2.75) is 75.8 Å². The Bertz CT molecular complexity index is 3600. The molecule has 4 aromatic heterocycles. The summed E-state index contributed by atoms with van der Waals surface area (Å²) in [6.45, 7) is 3.03. The molecule has 1 amide bonds. The van der Waals surface area contributed by atoms with Gasteiger partial charge in [0.1, 0.15) is 46.4 Å². The van der Waals surface area contributed by atoms with Crippen molar-refractivity contribution >= 4 is 56.7 Å². The van der Waals surface area contributed by atoms with E-state index in [0.29, 0.717) is 63.6 Å². The third kappa shape index (κ3) is 13.1. The van der Waals surface area contributed by atoms with Gasteiger partial charge in [-0.3, -0.25) is 18.7 Å². The van der Waals surface area contributed by atoms with Gasteiger partial charge in [0, 0.05) is 79.2 Å². The molecule has 0 bridgehead atoms. The Hall–Kier alpha value is -7.99. The largest absolute Gasteiger partial charge is 0.497 e. The van der Waals surface area contributed by atoms with Crippen LogP contribution in [0.3, 0.4) is 0 Å². The van der Waals surface area contributed by atoms with Gasteiger partial charge in [0.05, 0.1) is 47.4 Å². The Kier molecular flexibility index (Phi) is 16.4. The molecule has 3 N–H and O–H groups in total. The molecular weight excluding hydrogens is 1090 g/mol. The number of alkyl halides is 6. The molecular formula is C56H53ClF8N12O4. The summed E-state index contributed by atoms with van der Waals surface area (Å²) in [4.78, 5) is 51.5. The number of benzene rings is 4. The minimum absolute atomic E-state index is 0.0404. The molecule has 2 aliphatic carbocycles. The predicted molar refractivity (Wildman–Crippen MR) is 286 cm³/mol. The molecule has 12 rings (SSSR count). The van der Waals surface area contributed by atoms with Crippen LogP contribution < -0.4 is 25.4 Å². The second-order valence-corrected chi connectivity index (χ2v) is 20.3. The average molecular weight is 1150 g/mol. The van der Waals surface area contributed by atoms with E-state index in [4.69, 9.17) is 21.1 Å². The van der Waals surface area contributed by atoms with Crippen LogP contribution in [0.1, 0.15) is 62.5 Å². The standard InChI is InChI=1S/C28H26F4N6O2.C24H22F4N6O.C4H5ClO/c1-40-19-7-9-23-22(14-19)35-25(17-6-8-21(29)20(13-17)28(30,31)32)38(23)24-10-11-33-27(36-24)34-18-3-2-12-37(15-18)26(39)16-4-5-16;1-35-16-5-7-20-19(12-16)32-22(14-4-6-18(25)17(11-14)24(26,27)28)34(20)21-8-10-30-23(33-21)31-15-3-2-9-29-13-15;5-4(6)3-1-2-3/h6-11,13-14,16,18H,2-5,12,15H2,1H3,(H,33,34,36);4-8,10-12,15,29H,2-3,9,13H2,1H3,(H,30,31,33);3H,1-2H2/t18-;15-;/m00./s1. The first-order chi connectivity index (χ1) is 38.8. The number of anilines is 2. The number of carbonyl (C=O) groups is 2. The van der Waals surface area contributed by atoms with Crippen LogP contribution in [-0.2, 0) is 21.9 Å². The van der Waals surface area contributed by atoms with Crippen molar-refractivity contribution in [1.82, 2.24) is 49.3 Å². The number of aromatic nitrogens is 8. The van der Waals surface area contributed by atoms with Crippen molar-refractivity contribution in [3.8, 4) is 45.9 Å². The van der Waals surface area contributed by atoms with Gasteiger partial charge in [-0.1, -0.05) is 0 Å². The topological polar surface area (TPSA) is 179 Å². The number of fused-ring (bicyclic) bond motifs is 2. The van der Waals surface area contributed by atoms with Gasteiger partial charge in [-0.2, -0.15) is 36.3 Å². The summed E-state index contributed by atoms with van der Waals surface area (Å²) in [6, 6.07) is 19.3. The third-order valence-corrected chi connectivity index (χ3v) is 14.4. The van der Waals surface area contributed by atoms with Gasteiger partial charge >= 0.3 is 12.4 Å². The number of carbonyl (C=O) groups excluding carboxylic acids is 2. The molecule has 2 aliphatic heterocycles. The number of piperidine rings is 2. The van der Waals surface area contributed by atoms with Crippen molar-refractivity contribution in [3.63, 3.8) is 0 Å². The molecule has 4 aromatic carbocycles. The maximum absolute atomic E-state index is 14.1. The summed E-state index contributed by atoms with van der Waals surface area (Å²) in [5, 5.41) is 9.79. The number of rotatable bonds is 12. The van der Waals surface area contributed by atoms with Gasteiger partial charge in [-0.05, 0) is 142 Å². The Morgan fingerprint density at radius 3 is 1.54 bits per heavy atom. The third-order valence-electron chi connectivity index (χ3n) is 14.0. The van der Waals surface area contributed by atoms with Crippen LogP contribution in [0.25, 0.3) is 56.5 Å². The number of amides is 1. The summed E-state index contributed by atoms with van der Waals surface area (Å²) in [7, 11) is 3.01. The van der Waals surface area contributed by atoms with E-state index in [0.717, 1.165) is 95.3 Å². The molecule has 25 heteroatoms. The fraction of sp³-hybridized carbons (Fsp3) is 0.357. The van der Waals surface area contributed by atoms with Crippen LogP contribution >= 0.6 is 11.6 Å². The maximum atomic E-state index is 14.1. The number of ether oxygens (including phenoxy) is 2. The number of nitrogens with zero attached hydrogens (tertiary/aromatic N) is 9. The highest BCUT2D eigenvalue weighted by atomic mass is 35.5. The van der Waals surface area contributed by atoms with Crippen LogP contribution in [0.15, 0.2) is 97.3 Å². The number of methoxy groups -OCH3 is 2. The lowest BCUT2D eigenvalue weighted by atomic mass is 10.1. The predicted octanol–water partition coefficient (Wildman–Crippen LogP) is 11.4. The summed E-state index contributed by atoms with van der Waals surface area (Å²) >= 11 is 5.04. The normalized spacial score (nSPS) is 17.4. The smallest absolute Gasteiger partial charge is 0.419 e. The van der Waals surface area contributed by atoms with E-state index >= 15 is 0 Å². The Labute approximate surface area is 463 Å². The number of hydrogen-bond acceptors (Lipinski definition) is 13. The van der Waals surface area contributed by atoms with Gasteiger partial charge in [0.2, 0.25) is 23.0 Å². The van der Waals surface area contributed by atoms with Crippen LogP contribution in [-0.4, -0.2) is 108 Å². The average Bonchev–Trinajstić information content (AvgIpc) is 4.49. The quantitative estimate of drug-likeness (QED) is 0.0778. The first-order valence-electron chi connectivity index (χ1n) is 26.1. The lowest BCUT2D eigenvalue weighted by molar-refractivity contribution is -0.140. The summed E-state index contributed by atoms with van der Waals surface area (Å²) < 4.78 is 123.